The number of esters is 1. The van der Waals surface area contributed by atoms with E-state index in [4.69, 9.17) is 14.2 Å². The Kier molecular flexibility index (Phi) is 2.99. The van der Waals surface area contributed by atoms with Crippen molar-refractivity contribution in [1.29, 1.82) is 0 Å². The molecule has 0 radical (unpaired) electrons. The Balaban J connectivity index is 1.56. The first kappa shape index (κ1) is 17.4. The highest BCUT2D eigenvalue weighted by Crippen LogP contribution is 2.78. The van der Waals surface area contributed by atoms with Crippen LogP contribution in [-0.4, -0.2) is 62.7 Å². The fourth-order valence-electron chi connectivity index (χ4n) is 7.51. The Morgan fingerprint density at radius 2 is 2.04 bits per heavy atom. The van der Waals surface area contributed by atoms with Crippen molar-refractivity contribution in [3.05, 3.63) is 11.1 Å². The van der Waals surface area contributed by atoms with Crippen molar-refractivity contribution in [1.82, 2.24) is 0 Å². The predicted molar refractivity (Wildman–Crippen MR) is 97.2 cm³/mol. The zero-order chi connectivity index (χ0) is 19.1. The third kappa shape index (κ3) is 1.46. The summed E-state index contributed by atoms with van der Waals surface area (Å²) in [6.07, 6.45) is 0.185. The molecule has 6 aliphatic rings. The van der Waals surface area contributed by atoms with Crippen LogP contribution in [0.25, 0.3) is 0 Å². The molecule has 148 valence electrons. The molecular formula is C20H25BrO6. The fourth-order valence-corrected chi connectivity index (χ4v) is 8.88. The van der Waals surface area contributed by atoms with E-state index in [0.717, 1.165) is 17.6 Å². The number of carbonyl (C=O) groups excluding carboxylic acids is 1. The molecule has 0 unspecified atom stereocenters. The van der Waals surface area contributed by atoms with E-state index >= 15 is 0 Å². The third-order valence-electron chi connectivity index (χ3n) is 8.91. The number of aliphatic hydroxyl groups is 2. The first-order valence-corrected chi connectivity index (χ1v) is 10.9. The van der Waals surface area contributed by atoms with Crippen LogP contribution in [0, 0.1) is 17.3 Å². The first-order chi connectivity index (χ1) is 12.7. The molecule has 2 saturated heterocycles. The number of halogens is 1. The molecule has 2 N–H and O–H groups in total. The molecule has 9 atom stereocenters. The third-order valence-corrected chi connectivity index (χ3v) is 10.1. The maximum Gasteiger partial charge on any atom is 0.334 e. The molecule has 0 aromatic carbocycles. The Hall–Kier alpha value is -0.470. The average molecular weight is 441 g/mol. The van der Waals surface area contributed by atoms with E-state index in [-0.39, 0.29) is 34.2 Å². The van der Waals surface area contributed by atoms with Gasteiger partial charge in [-0.2, -0.15) is 0 Å². The van der Waals surface area contributed by atoms with Gasteiger partial charge in [0, 0.05) is 11.0 Å². The van der Waals surface area contributed by atoms with Crippen LogP contribution in [-0.2, 0) is 19.0 Å². The van der Waals surface area contributed by atoms with Crippen molar-refractivity contribution in [3.8, 4) is 0 Å². The fraction of sp³-hybridized carbons (Fsp3) is 0.850. The Morgan fingerprint density at radius 1 is 1.30 bits per heavy atom. The molecule has 3 aliphatic heterocycles. The molecule has 6 rings (SSSR count). The summed E-state index contributed by atoms with van der Waals surface area (Å²) in [5, 5.41) is 23.4. The number of fused-ring (bicyclic) bond motifs is 3. The molecule has 7 heteroatoms. The Bertz CT molecular complexity index is 810. The second-order valence-corrected chi connectivity index (χ2v) is 10.8. The number of alkyl halides is 1. The summed E-state index contributed by atoms with van der Waals surface area (Å²) in [6.45, 7) is 6.53. The van der Waals surface area contributed by atoms with Gasteiger partial charge in [-0.25, -0.2) is 4.79 Å². The summed E-state index contributed by atoms with van der Waals surface area (Å²) < 4.78 is 18.3. The van der Waals surface area contributed by atoms with Crippen molar-refractivity contribution >= 4 is 21.9 Å². The molecule has 2 bridgehead atoms. The van der Waals surface area contributed by atoms with Crippen LogP contribution < -0.4 is 0 Å². The first-order valence-electron chi connectivity index (χ1n) is 9.95. The minimum atomic E-state index is -1.43. The average Bonchev–Trinajstić information content (AvgIpc) is 3.23. The quantitative estimate of drug-likeness (QED) is 0.364. The van der Waals surface area contributed by atoms with E-state index in [1.54, 1.807) is 0 Å². The summed E-state index contributed by atoms with van der Waals surface area (Å²) in [5.41, 5.74) is -1.69. The lowest BCUT2D eigenvalue weighted by molar-refractivity contribution is -0.206. The highest BCUT2D eigenvalue weighted by atomic mass is 79.9. The number of aliphatic hydroxyl groups excluding tert-OH is 1. The molecule has 4 fully saturated rings. The zero-order valence-corrected chi connectivity index (χ0v) is 17.3. The van der Waals surface area contributed by atoms with E-state index in [0.29, 0.717) is 19.4 Å². The van der Waals surface area contributed by atoms with Gasteiger partial charge in [0.15, 0.2) is 5.60 Å². The largest absolute Gasteiger partial charge is 0.458 e. The molecule has 6 nitrogen and oxygen atoms in total. The minimum absolute atomic E-state index is 0.00898. The monoisotopic (exact) mass is 440 g/mol. The number of hydrogen-bond acceptors (Lipinski definition) is 6. The van der Waals surface area contributed by atoms with Crippen LogP contribution in [0.1, 0.15) is 40.0 Å². The molecule has 3 heterocycles. The molecule has 0 aromatic rings. The minimum Gasteiger partial charge on any atom is -0.458 e. The van der Waals surface area contributed by atoms with Crippen LogP contribution in [0.5, 0.6) is 0 Å². The van der Waals surface area contributed by atoms with E-state index in [9.17, 15) is 15.0 Å². The van der Waals surface area contributed by atoms with Crippen molar-refractivity contribution < 1.29 is 29.2 Å². The molecule has 27 heavy (non-hydrogen) atoms. The Morgan fingerprint density at radius 3 is 2.74 bits per heavy atom. The van der Waals surface area contributed by atoms with Gasteiger partial charge in [-0.15, -0.1) is 0 Å². The zero-order valence-electron chi connectivity index (χ0n) is 15.7. The number of carbonyl (C=O) groups is 1. The molecule has 2 saturated carbocycles. The van der Waals surface area contributed by atoms with Crippen LogP contribution >= 0.6 is 15.9 Å². The lowest BCUT2D eigenvalue weighted by Crippen LogP contribution is -2.76. The van der Waals surface area contributed by atoms with Gasteiger partial charge in [0.25, 0.3) is 0 Å². The van der Waals surface area contributed by atoms with Crippen molar-refractivity contribution in [2.75, 3.05) is 6.61 Å². The topological polar surface area (TPSA) is 88.5 Å². The summed E-state index contributed by atoms with van der Waals surface area (Å²) >= 11 is 3.80. The number of hydrogen-bond donors (Lipinski definition) is 2. The summed E-state index contributed by atoms with van der Waals surface area (Å²) in [6, 6.07) is 0. The van der Waals surface area contributed by atoms with E-state index in [1.807, 2.05) is 13.8 Å². The van der Waals surface area contributed by atoms with E-state index in [1.165, 1.54) is 0 Å². The molecule has 1 spiro atoms. The van der Waals surface area contributed by atoms with Crippen LogP contribution in [0.4, 0.5) is 0 Å². The van der Waals surface area contributed by atoms with E-state index in [2.05, 4.69) is 22.9 Å². The molecule has 3 aliphatic carbocycles. The molecular weight excluding hydrogens is 416 g/mol. The highest BCUT2D eigenvalue weighted by Gasteiger charge is 2.93. The van der Waals surface area contributed by atoms with Crippen LogP contribution in [0.3, 0.4) is 0 Å². The van der Waals surface area contributed by atoms with Gasteiger partial charge < -0.3 is 24.4 Å². The Labute approximate surface area is 166 Å². The SMILES string of the molecule is CC(C)[C@@]12O[C@@H]3C[C@H]4C5=C(CC[C@]4(C)[C@@]4(O[C@@H]4[C@H]1Br)[C@]3(O)[C@@H]2O)C(=O)OC5. The van der Waals surface area contributed by atoms with Gasteiger partial charge in [-0.1, -0.05) is 36.7 Å². The lowest BCUT2D eigenvalue weighted by atomic mass is 9.45. The number of epoxide rings is 1. The van der Waals surface area contributed by atoms with Crippen molar-refractivity contribution in [2.45, 2.75) is 80.0 Å². The maximum atomic E-state index is 12.1. The van der Waals surface area contributed by atoms with Crippen molar-refractivity contribution in [2.24, 2.45) is 17.3 Å². The van der Waals surface area contributed by atoms with Gasteiger partial charge >= 0.3 is 5.97 Å². The number of cyclic esters (lactones) is 1. The van der Waals surface area contributed by atoms with Crippen molar-refractivity contribution in [3.63, 3.8) is 0 Å². The van der Waals surface area contributed by atoms with Gasteiger partial charge in [0.1, 0.15) is 30.0 Å². The van der Waals surface area contributed by atoms with E-state index < -0.39 is 29.0 Å². The van der Waals surface area contributed by atoms with Gasteiger partial charge in [-0.05, 0) is 36.7 Å². The van der Waals surface area contributed by atoms with Gasteiger partial charge in [-0.3, -0.25) is 0 Å². The van der Waals surface area contributed by atoms with Crippen LogP contribution in [0.15, 0.2) is 11.1 Å². The molecule has 0 aromatic heterocycles. The van der Waals surface area contributed by atoms with Crippen LogP contribution in [0.2, 0.25) is 0 Å². The smallest absolute Gasteiger partial charge is 0.334 e. The number of ether oxygens (including phenoxy) is 3. The summed E-state index contributed by atoms with van der Waals surface area (Å²) in [7, 11) is 0. The predicted octanol–water partition coefficient (Wildman–Crippen LogP) is 1.46. The maximum absolute atomic E-state index is 12.1. The second-order valence-electron chi connectivity index (χ2n) is 9.80. The summed E-state index contributed by atoms with van der Waals surface area (Å²) in [5.74, 6) is -0.141. The summed E-state index contributed by atoms with van der Waals surface area (Å²) in [4.78, 5) is 11.9. The normalized spacial score (nSPS) is 60.1. The second kappa shape index (κ2) is 4.64. The lowest BCUT2D eigenvalue weighted by Gasteiger charge is -2.58. The van der Waals surface area contributed by atoms with Gasteiger partial charge in [0.2, 0.25) is 0 Å². The number of rotatable bonds is 1. The van der Waals surface area contributed by atoms with Gasteiger partial charge in [0.05, 0.1) is 10.9 Å². The molecule has 0 amide bonds. The standard InChI is InChI=1S/C20H25BrO6/c1-8(2)18-13(21)14-20(27-14)17(3)5-4-9-10(7-25-15(9)22)11(17)6-12(26-18)19(20,24)16(18)23/h8,11-14,16,23-24H,4-7H2,1-3H3/t11-,12+,13+,14+,16+,17-,18+,19+,20+/m0/s1. The highest BCUT2D eigenvalue weighted by molar-refractivity contribution is 9.09.